The minimum atomic E-state index is -3.77. The molecule has 2 heterocycles. The van der Waals surface area contributed by atoms with Crippen LogP contribution in [0.15, 0.2) is 47.4 Å². The number of carbonyl (C=O) groups excluding carboxylic acids is 2. The van der Waals surface area contributed by atoms with Gasteiger partial charge in [0, 0.05) is 45.7 Å². The Kier molecular flexibility index (Phi) is 6.95. The third kappa shape index (κ3) is 5.10. The van der Waals surface area contributed by atoms with E-state index in [4.69, 9.17) is 0 Å². The van der Waals surface area contributed by atoms with E-state index in [9.17, 15) is 18.0 Å². The van der Waals surface area contributed by atoms with Crippen LogP contribution in [-0.2, 0) is 21.4 Å². The Morgan fingerprint density at radius 1 is 1.00 bits per heavy atom. The van der Waals surface area contributed by atoms with Crippen LogP contribution in [0.2, 0.25) is 0 Å². The summed E-state index contributed by atoms with van der Waals surface area (Å²) in [5.74, 6) is -0.318. The number of carbonyl (C=O) groups is 2. The summed E-state index contributed by atoms with van der Waals surface area (Å²) in [6, 6.07) is 13.2. The maximum atomic E-state index is 13.4. The van der Waals surface area contributed by atoms with Gasteiger partial charge < -0.3 is 15.1 Å². The van der Waals surface area contributed by atoms with Crippen LogP contribution >= 0.6 is 0 Å². The molecule has 4 rings (SSSR count). The Hall–Kier alpha value is -2.91. The van der Waals surface area contributed by atoms with Crippen LogP contribution in [0.4, 0.5) is 10.5 Å². The number of sulfonamides is 1. The van der Waals surface area contributed by atoms with E-state index >= 15 is 0 Å². The van der Waals surface area contributed by atoms with Gasteiger partial charge in [0.2, 0.25) is 15.9 Å². The van der Waals surface area contributed by atoms with Crippen LogP contribution in [0, 0.1) is 13.8 Å². The number of amides is 3. The molecule has 3 amide bonds. The normalized spacial score (nSPS) is 17.9. The van der Waals surface area contributed by atoms with Gasteiger partial charge in [0.05, 0.1) is 5.69 Å². The monoisotopic (exact) mass is 484 g/mol. The molecular weight excluding hydrogens is 452 g/mol. The van der Waals surface area contributed by atoms with Crippen molar-refractivity contribution in [1.82, 2.24) is 14.1 Å². The van der Waals surface area contributed by atoms with Gasteiger partial charge in [0.1, 0.15) is 4.90 Å². The Morgan fingerprint density at radius 3 is 2.38 bits per heavy atom. The second-order valence-corrected chi connectivity index (χ2v) is 11.1. The molecule has 2 aromatic carbocycles. The number of urea groups is 1. The Bertz CT molecular complexity index is 1190. The minimum Gasteiger partial charge on any atom is -0.325 e. The van der Waals surface area contributed by atoms with E-state index in [1.807, 2.05) is 41.8 Å². The number of nitrogens with one attached hydrogen (secondary N) is 1. The summed E-state index contributed by atoms with van der Waals surface area (Å²) in [6.45, 7) is 7.82. The third-order valence-corrected chi connectivity index (χ3v) is 8.45. The lowest BCUT2D eigenvalue weighted by Gasteiger charge is -2.36. The van der Waals surface area contributed by atoms with Crippen molar-refractivity contribution in [2.75, 3.05) is 31.5 Å². The number of nitrogens with zero attached hydrogens (tertiary/aromatic N) is 3. The van der Waals surface area contributed by atoms with Gasteiger partial charge in [-0.15, -0.1) is 0 Å². The molecule has 0 aromatic heterocycles. The van der Waals surface area contributed by atoms with Gasteiger partial charge in [-0.2, -0.15) is 4.31 Å². The first-order chi connectivity index (χ1) is 16.1. The number of anilines is 1. The zero-order valence-electron chi connectivity index (χ0n) is 20.0. The topological polar surface area (TPSA) is 90.0 Å². The smallest absolute Gasteiger partial charge is 0.320 e. The van der Waals surface area contributed by atoms with Crippen molar-refractivity contribution in [3.8, 4) is 0 Å². The van der Waals surface area contributed by atoms with Gasteiger partial charge in [-0.05, 0) is 49.9 Å². The summed E-state index contributed by atoms with van der Waals surface area (Å²) in [5, 5.41) is 2.63. The van der Waals surface area contributed by atoms with Gasteiger partial charge >= 0.3 is 6.03 Å². The molecule has 9 heteroatoms. The van der Waals surface area contributed by atoms with Gasteiger partial charge in [-0.25, -0.2) is 13.2 Å². The lowest BCUT2D eigenvalue weighted by atomic mass is 10.1. The highest BCUT2D eigenvalue weighted by molar-refractivity contribution is 7.89. The van der Waals surface area contributed by atoms with Crippen molar-refractivity contribution < 1.29 is 18.0 Å². The minimum absolute atomic E-state index is 0.0220. The van der Waals surface area contributed by atoms with Crippen molar-refractivity contribution in [2.45, 2.75) is 51.1 Å². The van der Waals surface area contributed by atoms with Crippen molar-refractivity contribution in [3.05, 3.63) is 59.2 Å². The van der Waals surface area contributed by atoms with Crippen molar-refractivity contribution in [2.24, 2.45) is 0 Å². The van der Waals surface area contributed by atoms with Crippen LogP contribution in [0.3, 0.4) is 0 Å². The Labute approximate surface area is 201 Å². The first kappa shape index (κ1) is 24.2. The van der Waals surface area contributed by atoms with Crippen molar-refractivity contribution in [1.29, 1.82) is 0 Å². The highest BCUT2D eigenvalue weighted by Crippen LogP contribution is 2.30. The first-order valence-corrected chi connectivity index (χ1v) is 13.1. The standard InChI is InChI=1S/C25H32N4O4S/c1-18-5-4-6-21(15-18)17-27-13-14-29(25(27)31)22-9-11-28(12-10-22)34(32,33)24-16-19(2)7-8-23(24)26-20(3)30/h4-8,15-16,22H,9-14,17H2,1-3H3,(H,26,30). The van der Waals surface area contributed by atoms with E-state index in [2.05, 4.69) is 11.4 Å². The molecule has 0 saturated carbocycles. The zero-order valence-corrected chi connectivity index (χ0v) is 20.8. The number of hydrogen-bond donors (Lipinski definition) is 1. The van der Waals surface area contributed by atoms with E-state index in [-0.39, 0.29) is 22.9 Å². The summed E-state index contributed by atoms with van der Waals surface area (Å²) >= 11 is 0. The molecule has 2 aliphatic rings. The Morgan fingerprint density at radius 2 is 1.71 bits per heavy atom. The van der Waals surface area contributed by atoms with E-state index < -0.39 is 10.0 Å². The highest BCUT2D eigenvalue weighted by atomic mass is 32.2. The van der Waals surface area contributed by atoms with Crippen LogP contribution in [0.25, 0.3) is 0 Å². The maximum absolute atomic E-state index is 13.4. The number of hydrogen-bond acceptors (Lipinski definition) is 4. The molecule has 2 aromatic rings. The van der Waals surface area contributed by atoms with Gasteiger partial charge in [-0.1, -0.05) is 35.9 Å². The summed E-state index contributed by atoms with van der Waals surface area (Å²) in [6.07, 6.45) is 1.18. The zero-order chi connectivity index (χ0) is 24.5. The lowest BCUT2D eigenvalue weighted by molar-refractivity contribution is -0.114. The summed E-state index contributed by atoms with van der Waals surface area (Å²) in [4.78, 5) is 28.5. The van der Waals surface area contributed by atoms with Crippen molar-refractivity contribution in [3.63, 3.8) is 0 Å². The molecule has 8 nitrogen and oxygen atoms in total. The van der Waals surface area contributed by atoms with Gasteiger partial charge in [0.25, 0.3) is 0 Å². The van der Waals surface area contributed by atoms with Crippen molar-refractivity contribution >= 4 is 27.6 Å². The van der Waals surface area contributed by atoms with Gasteiger partial charge in [0.15, 0.2) is 0 Å². The Balaban J connectivity index is 1.41. The van der Waals surface area contributed by atoms with E-state index in [0.717, 1.165) is 11.1 Å². The maximum Gasteiger partial charge on any atom is 0.320 e. The van der Waals surface area contributed by atoms with E-state index in [1.165, 1.54) is 16.8 Å². The second-order valence-electron chi connectivity index (χ2n) is 9.20. The predicted molar refractivity (Wildman–Crippen MR) is 131 cm³/mol. The largest absolute Gasteiger partial charge is 0.325 e. The third-order valence-electron chi connectivity index (χ3n) is 6.51. The fourth-order valence-electron chi connectivity index (χ4n) is 4.79. The molecule has 0 atom stereocenters. The van der Waals surface area contributed by atoms with E-state index in [0.29, 0.717) is 51.3 Å². The summed E-state index contributed by atoms with van der Waals surface area (Å²) in [7, 11) is -3.77. The molecule has 2 aliphatic heterocycles. The van der Waals surface area contributed by atoms with Crippen LogP contribution < -0.4 is 5.32 Å². The van der Waals surface area contributed by atoms with Crippen LogP contribution in [0.1, 0.15) is 36.5 Å². The van der Waals surface area contributed by atoms with Gasteiger partial charge in [-0.3, -0.25) is 4.79 Å². The second kappa shape index (κ2) is 9.76. The highest BCUT2D eigenvalue weighted by Gasteiger charge is 2.38. The van der Waals surface area contributed by atoms with Crippen LogP contribution in [-0.4, -0.2) is 66.7 Å². The molecule has 0 bridgehead atoms. The molecule has 1 N–H and O–H groups in total. The lowest BCUT2D eigenvalue weighted by Crippen LogP contribution is -2.48. The quantitative estimate of drug-likeness (QED) is 0.681. The van der Waals surface area contributed by atoms with E-state index in [1.54, 1.807) is 18.2 Å². The predicted octanol–water partition coefficient (Wildman–Crippen LogP) is 3.35. The molecule has 182 valence electrons. The molecular formula is C25H32N4O4S. The number of aryl methyl sites for hydroxylation is 2. The SMILES string of the molecule is CC(=O)Nc1ccc(C)cc1S(=O)(=O)N1CCC(N2CCN(Cc3cccc(C)c3)C2=O)CC1. The average molecular weight is 485 g/mol. The molecule has 2 saturated heterocycles. The molecule has 0 unspecified atom stereocenters. The molecule has 0 radical (unpaired) electrons. The number of benzene rings is 2. The summed E-state index contributed by atoms with van der Waals surface area (Å²) < 4.78 is 28.3. The first-order valence-electron chi connectivity index (χ1n) is 11.6. The molecule has 0 aliphatic carbocycles. The average Bonchev–Trinajstić information content (AvgIpc) is 3.14. The fourth-order valence-corrected chi connectivity index (χ4v) is 6.49. The fraction of sp³-hybridized carbons (Fsp3) is 0.440. The molecule has 34 heavy (non-hydrogen) atoms. The number of rotatable bonds is 6. The molecule has 2 fully saturated rings. The summed E-state index contributed by atoms with van der Waals surface area (Å²) in [5.41, 5.74) is 3.38. The number of piperidine rings is 1. The van der Waals surface area contributed by atoms with Crippen LogP contribution in [0.5, 0.6) is 0 Å². The molecule has 0 spiro atoms.